The molecule has 1 aromatic heterocycles. The lowest BCUT2D eigenvalue weighted by Crippen LogP contribution is -2.30. The number of methoxy groups -OCH3 is 1. The molecule has 2 N–H and O–H groups in total. The summed E-state index contributed by atoms with van der Waals surface area (Å²) < 4.78 is 7.36. The lowest BCUT2D eigenvalue weighted by Gasteiger charge is -2.31. The van der Waals surface area contributed by atoms with Gasteiger partial charge in [-0.25, -0.2) is 4.98 Å². The van der Waals surface area contributed by atoms with Crippen LogP contribution in [0.15, 0.2) is 84.1 Å². The standard InChI is InChI=1S/C28H28N4O2/c1-17(2)19-9-11-20(12-10-19)26-25(27(33)30-21-13-15-22(34-4)16-14-21)18(3)29-28-31-23-7-5-6-8-24(23)32(26)28/h5-17,26H,1-4H3,(H,29,31)(H,30,33)/t26-/m0/s1. The molecule has 0 radical (unpaired) electrons. The third kappa shape index (κ3) is 3.81. The predicted octanol–water partition coefficient (Wildman–Crippen LogP) is 6.10. The number of nitrogens with zero attached hydrogens (tertiary/aromatic N) is 2. The fourth-order valence-electron chi connectivity index (χ4n) is 4.51. The van der Waals surface area contributed by atoms with E-state index in [2.05, 4.69) is 53.3 Å². The smallest absolute Gasteiger partial charge is 0.255 e. The van der Waals surface area contributed by atoms with Crippen LogP contribution in [0.5, 0.6) is 5.75 Å². The molecule has 0 spiro atoms. The van der Waals surface area contributed by atoms with E-state index in [1.54, 1.807) is 7.11 Å². The summed E-state index contributed by atoms with van der Waals surface area (Å²) in [6.07, 6.45) is 0. The van der Waals surface area contributed by atoms with Crippen molar-refractivity contribution in [3.05, 3.63) is 95.2 Å². The molecule has 0 saturated heterocycles. The number of aromatic nitrogens is 2. The van der Waals surface area contributed by atoms with Crippen LogP contribution in [0, 0.1) is 0 Å². The Hall–Kier alpha value is -4.06. The number of carbonyl (C=O) groups excluding carboxylic acids is 1. The summed E-state index contributed by atoms with van der Waals surface area (Å²) in [5.41, 5.74) is 6.31. The Kier molecular flexibility index (Phi) is 5.57. The van der Waals surface area contributed by atoms with Crippen LogP contribution >= 0.6 is 0 Å². The van der Waals surface area contributed by atoms with Crippen LogP contribution in [0.3, 0.4) is 0 Å². The molecule has 5 rings (SSSR count). The third-order valence-electron chi connectivity index (χ3n) is 6.34. The van der Waals surface area contributed by atoms with E-state index in [0.29, 0.717) is 17.2 Å². The highest BCUT2D eigenvalue weighted by Gasteiger charge is 2.34. The van der Waals surface area contributed by atoms with Crippen LogP contribution in [0.1, 0.15) is 43.9 Å². The monoisotopic (exact) mass is 452 g/mol. The Morgan fingerprint density at radius 2 is 1.74 bits per heavy atom. The Labute approximate surface area is 199 Å². The second-order valence-electron chi connectivity index (χ2n) is 8.86. The molecule has 172 valence electrons. The summed E-state index contributed by atoms with van der Waals surface area (Å²) in [6, 6.07) is 23.6. The number of nitrogens with one attached hydrogen (secondary N) is 2. The van der Waals surface area contributed by atoms with Gasteiger partial charge in [-0.2, -0.15) is 0 Å². The number of amides is 1. The number of benzene rings is 3. The van der Waals surface area contributed by atoms with Gasteiger partial charge in [0.1, 0.15) is 5.75 Å². The Balaban J connectivity index is 1.61. The van der Waals surface area contributed by atoms with E-state index in [0.717, 1.165) is 34.0 Å². The summed E-state index contributed by atoms with van der Waals surface area (Å²) in [4.78, 5) is 18.5. The lowest BCUT2D eigenvalue weighted by molar-refractivity contribution is -0.113. The van der Waals surface area contributed by atoms with Crippen LogP contribution in [0.25, 0.3) is 11.0 Å². The minimum absolute atomic E-state index is 0.156. The number of carbonyl (C=O) groups is 1. The van der Waals surface area contributed by atoms with E-state index in [4.69, 9.17) is 9.72 Å². The van der Waals surface area contributed by atoms with Crippen molar-refractivity contribution in [2.45, 2.75) is 32.7 Å². The number of ether oxygens (including phenoxy) is 1. The molecule has 6 nitrogen and oxygen atoms in total. The zero-order valence-corrected chi connectivity index (χ0v) is 19.8. The number of para-hydroxylation sites is 2. The van der Waals surface area contributed by atoms with Crippen LogP contribution in [0.4, 0.5) is 11.6 Å². The highest BCUT2D eigenvalue weighted by molar-refractivity contribution is 6.06. The van der Waals surface area contributed by atoms with Crippen molar-refractivity contribution in [1.29, 1.82) is 0 Å². The normalized spacial score (nSPS) is 15.3. The van der Waals surface area contributed by atoms with Gasteiger partial charge >= 0.3 is 0 Å². The first-order chi connectivity index (χ1) is 16.5. The largest absolute Gasteiger partial charge is 0.497 e. The first-order valence-corrected chi connectivity index (χ1v) is 11.5. The van der Waals surface area contributed by atoms with Gasteiger partial charge in [0, 0.05) is 11.4 Å². The number of hydrogen-bond acceptors (Lipinski definition) is 4. The molecular weight excluding hydrogens is 424 g/mol. The van der Waals surface area contributed by atoms with Crippen LogP contribution < -0.4 is 15.4 Å². The van der Waals surface area contributed by atoms with Crippen LogP contribution in [-0.2, 0) is 4.79 Å². The van der Waals surface area contributed by atoms with E-state index >= 15 is 0 Å². The van der Waals surface area contributed by atoms with Gasteiger partial charge in [-0.05, 0) is 60.4 Å². The summed E-state index contributed by atoms with van der Waals surface area (Å²) in [5.74, 6) is 1.75. The minimum Gasteiger partial charge on any atom is -0.497 e. The molecule has 1 aliphatic rings. The van der Waals surface area contributed by atoms with Gasteiger partial charge in [0.25, 0.3) is 5.91 Å². The number of anilines is 2. The summed E-state index contributed by atoms with van der Waals surface area (Å²) in [5, 5.41) is 6.43. The highest BCUT2D eigenvalue weighted by atomic mass is 16.5. The third-order valence-corrected chi connectivity index (χ3v) is 6.34. The maximum absolute atomic E-state index is 13.7. The fourth-order valence-corrected chi connectivity index (χ4v) is 4.51. The second-order valence-corrected chi connectivity index (χ2v) is 8.86. The Morgan fingerprint density at radius 1 is 1.03 bits per heavy atom. The zero-order valence-electron chi connectivity index (χ0n) is 19.8. The maximum atomic E-state index is 13.7. The van der Waals surface area contributed by atoms with Crippen molar-refractivity contribution < 1.29 is 9.53 Å². The lowest BCUT2D eigenvalue weighted by atomic mass is 9.92. The number of allylic oxidation sites excluding steroid dienone is 1. The molecule has 0 aliphatic carbocycles. The van der Waals surface area contributed by atoms with Crippen molar-refractivity contribution in [1.82, 2.24) is 9.55 Å². The molecular formula is C28H28N4O2. The molecule has 3 aromatic carbocycles. The molecule has 2 heterocycles. The van der Waals surface area contributed by atoms with E-state index in [9.17, 15) is 4.79 Å². The molecule has 4 aromatic rings. The molecule has 1 aliphatic heterocycles. The maximum Gasteiger partial charge on any atom is 0.255 e. The van der Waals surface area contributed by atoms with E-state index in [1.165, 1.54) is 5.56 Å². The van der Waals surface area contributed by atoms with Crippen molar-refractivity contribution >= 4 is 28.6 Å². The molecule has 1 amide bonds. The van der Waals surface area contributed by atoms with Crippen molar-refractivity contribution in [2.75, 3.05) is 17.7 Å². The van der Waals surface area contributed by atoms with Gasteiger partial charge in [-0.1, -0.05) is 50.2 Å². The zero-order chi connectivity index (χ0) is 23.8. The molecule has 34 heavy (non-hydrogen) atoms. The average molecular weight is 453 g/mol. The molecule has 0 bridgehead atoms. The fraction of sp³-hybridized carbons (Fsp3) is 0.214. The van der Waals surface area contributed by atoms with Crippen molar-refractivity contribution in [3.8, 4) is 5.75 Å². The topological polar surface area (TPSA) is 68.2 Å². The number of imidazole rings is 1. The molecule has 0 saturated carbocycles. The number of rotatable bonds is 5. The minimum atomic E-state index is -0.317. The van der Waals surface area contributed by atoms with Crippen molar-refractivity contribution in [3.63, 3.8) is 0 Å². The van der Waals surface area contributed by atoms with Crippen molar-refractivity contribution in [2.24, 2.45) is 0 Å². The van der Waals surface area contributed by atoms with Gasteiger partial charge in [0.05, 0.1) is 29.8 Å². The molecule has 0 unspecified atom stereocenters. The average Bonchev–Trinajstić information content (AvgIpc) is 3.21. The summed E-state index contributed by atoms with van der Waals surface area (Å²) in [7, 11) is 1.62. The summed E-state index contributed by atoms with van der Waals surface area (Å²) in [6.45, 7) is 6.29. The Morgan fingerprint density at radius 3 is 2.41 bits per heavy atom. The van der Waals surface area contributed by atoms with Gasteiger partial charge < -0.3 is 15.4 Å². The molecule has 6 heteroatoms. The first-order valence-electron chi connectivity index (χ1n) is 11.5. The first kappa shape index (κ1) is 21.8. The van der Waals surface area contributed by atoms with Gasteiger partial charge in [0.2, 0.25) is 5.95 Å². The SMILES string of the molecule is COc1ccc(NC(=O)C2=C(C)Nc3nc4ccccc4n3[C@H]2c2ccc(C(C)C)cc2)cc1. The second kappa shape index (κ2) is 8.71. The molecule has 1 atom stereocenters. The number of fused-ring (bicyclic) bond motifs is 3. The van der Waals surface area contributed by atoms with Gasteiger partial charge in [0.15, 0.2) is 0 Å². The van der Waals surface area contributed by atoms with Gasteiger partial charge in [-0.15, -0.1) is 0 Å². The van der Waals surface area contributed by atoms with E-state index in [1.807, 2.05) is 55.5 Å². The summed E-state index contributed by atoms with van der Waals surface area (Å²) >= 11 is 0. The quantitative estimate of drug-likeness (QED) is 0.384. The highest BCUT2D eigenvalue weighted by Crippen LogP contribution is 2.39. The molecule has 0 fully saturated rings. The van der Waals surface area contributed by atoms with Crippen LogP contribution in [0.2, 0.25) is 0 Å². The van der Waals surface area contributed by atoms with Gasteiger partial charge in [-0.3, -0.25) is 9.36 Å². The van der Waals surface area contributed by atoms with Crippen LogP contribution in [-0.4, -0.2) is 22.6 Å². The number of hydrogen-bond donors (Lipinski definition) is 2. The van der Waals surface area contributed by atoms with E-state index in [-0.39, 0.29) is 11.9 Å². The Bertz CT molecular complexity index is 1380. The predicted molar refractivity (Wildman–Crippen MR) is 136 cm³/mol. The van der Waals surface area contributed by atoms with E-state index < -0.39 is 0 Å².